The van der Waals surface area contributed by atoms with Crippen molar-refractivity contribution in [3.8, 4) is 0 Å². The fraction of sp³-hybridized carbons (Fsp3) is 0.692. The predicted octanol–water partition coefficient (Wildman–Crippen LogP) is 2.88. The van der Waals surface area contributed by atoms with Crippen LogP contribution in [0.3, 0.4) is 0 Å². The van der Waals surface area contributed by atoms with Gasteiger partial charge in [0.15, 0.2) is 0 Å². The van der Waals surface area contributed by atoms with E-state index in [1.165, 1.54) is 0 Å². The van der Waals surface area contributed by atoms with Crippen molar-refractivity contribution in [1.29, 1.82) is 0 Å². The van der Waals surface area contributed by atoms with Crippen LogP contribution in [0.5, 0.6) is 0 Å². The molecule has 2 atom stereocenters. The van der Waals surface area contributed by atoms with Crippen LogP contribution < -0.4 is 10.2 Å². The summed E-state index contributed by atoms with van der Waals surface area (Å²) in [6, 6.07) is 0. The number of unbranched alkanes of at least 4 members (excludes halogenated alkanes) is 2. The fourth-order valence-electron chi connectivity index (χ4n) is 2.88. The minimum Gasteiger partial charge on any atom is -0.550 e. The van der Waals surface area contributed by atoms with Crippen molar-refractivity contribution in [2.24, 2.45) is 11.8 Å². The molecule has 0 aromatic rings. The summed E-state index contributed by atoms with van der Waals surface area (Å²) in [6.07, 6.45) is 7.44. The van der Waals surface area contributed by atoms with E-state index < -0.39 is 36.7 Å². The SMILES string of the molecule is C=C(CC(=O)[O-])C(=O)OCC(CC)CCCC.C=C(CC(=O)[O-])C(=O)OCC(CC)CCCC.[Zn+2]. The molecule has 0 heterocycles. The number of carboxylic acids is 2. The molecule has 0 saturated carbocycles. The fourth-order valence-corrected chi connectivity index (χ4v) is 2.88. The molecule has 196 valence electrons. The molecule has 0 N–H and O–H groups in total. The number of carboxylic acid groups (broad SMARTS) is 2. The maximum Gasteiger partial charge on any atom is 2.00 e. The summed E-state index contributed by atoms with van der Waals surface area (Å²) in [5.74, 6) is -3.22. The van der Waals surface area contributed by atoms with Gasteiger partial charge in [-0.05, 0) is 24.7 Å². The molecule has 0 aliphatic rings. The number of hydrogen-bond acceptors (Lipinski definition) is 8. The Bertz CT molecular complexity index is 604. The Morgan fingerprint density at radius 2 is 1.00 bits per heavy atom. The smallest absolute Gasteiger partial charge is 0.550 e. The average molecular weight is 548 g/mol. The molecule has 0 aromatic carbocycles. The molecule has 0 spiro atoms. The Balaban J connectivity index is -0.000000569. The van der Waals surface area contributed by atoms with E-state index >= 15 is 0 Å². The van der Waals surface area contributed by atoms with E-state index in [4.69, 9.17) is 9.47 Å². The molecular formula is C26H42O8Zn. The van der Waals surface area contributed by atoms with Crippen LogP contribution in [-0.2, 0) is 48.1 Å². The van der Waals surface area contributed by atoms with Gasteiger partial charge < -0.3 is 29.3 Å². The molecule has 0 rings (SSSR count). The summed E-state index contributed by atoms with van der Waals surface area (Å²) in [6.45, 7) is 15.7. The second-order valence-electron chi connectivity index (χ2n) is 8.33. The summed E-state index contributed by atoms with van der Waals surface area (Å²) in [4.78, 5) is 43.3. The van der Waals surface area contributed by atoms with Crippen LogP contribution in [0.2, 0.25) is 0 Å². The van der Waals surface area contributed by atoms with Gasteiger partial charge in [-0.15, -0.1) is 0 Å². The van der Waals surface area contributed by atoms with Crippen LogP contribution in [0.1, 0.15) is 91.9 Å². The van der Waals surface area contributed by atoms with Gasteiger partial charge in [0.05, 0.1) is 13.2 Å². The van der Waals surface area contributed by atoms with Gasteiger partial charge in [0, 0.05) is 35.9 Å². The third-order valence-electron chi connectivity index (χ3n) is 5.28. The number of hydrogen-bond donors (Lipinski definition) is 0. The zero-order valence-corrected chi connectivity index (χ0v) is 25.0. The zero-order valence-electron chi connectivity index (χ0n) is 22.0. The van der Waals surface area contributed by atoms with E-state index in [0.29, 0.717) is 25.0 Å². The van der Waals surface area contributed by atoms with Crippen LogP contribution in [0, 0.1) is 11.8 Å². The van der Waals surface area contributed by atoms with E-state index in [2.05, 4.69) is 27.0 Å². The second-order valence-corrected chi connectivity index (χ2v) is 8.33. The Labute approximate surface area is 223 Å². The molecule has 0 amide bonds. The van der Waals surface area contributed by atoms with Gasteiger partial charge in [0.2, 0.25) is 0 Å². The minimum atomic E-state index is -1.31. The molecular weight excluding hydrogens is 506 g/mol. The van der Waals surface area contributed by atoms with Gasteiger partial charge in [-0.25, -0.2) is 9.59 Å². The van der Waals surface area contributed by atoms with Gasteiger partial charge in [0.25, 0.3) is 0 Å². The van der Waals surface area contributed by atoms with E-state index in [1.54, 1.807) is 0 Å². The zero-order chi connectivity index (χ0) is 26.5. The summed E-state index contributed by atoms with van der Waals surface area (Å²) in [5, 5.41) is 20.5. The molecule has 0 aromatic heterocycles. The van der Waals surface area contributed by atoms with Gasteiger partial charge >= 0.3 is 31.4 Å². The van der Waals surface area contributed by atoms with Gasteiger partial charge in [-0.3, -0.25) is 0 Å². The van der Waals surface area contributed by atoms with E-state index in [9.17, 15) is 29.4 Å². The van der Waals surface area contributed by atoms with Crippen LogP contribution in [-0.4, -0.2) is 37.1 Å². The molecule has 0 bridgehead atoms. The first-order chi connectivity index (χ1) is 16.0. The first kappa shape index (κ1) is 37.5. The molecule has 0 radical (unpaired) electrons. The van der Waals surface area contributed by atoms with Crippen molar-refractivity contribution >= 4 is 23.9 Å². The molecule has 8 nitrogen and oxygen atoms in total. The normalized spacial score (nSPS) is 11.5. The Kier molecular flexibility index (Phi) is 25.4. The van der Waals surface area contributed by atoms with Crippen LogP contribution in [0.4, 0.5) is 0 Å². The maximum absolute atomic E-state index is 11.4. The maximum atomic E-state index is 11.4. The number of carbonyl (C=O) groups excluding carboxylic acids is 4. The summed E-state index contributed by atoms with van der Waals surface area (Å²) in [7, 11) is 0. The monoisotopic (exact) mass is 546 g/mol. The topological polar surface area (TPSA) is 133 Å². The van der Waals surface area contributed by atoms with Gasteiger partial charge in [-0.2, -0.15) is 0 Å². The Morgan fingerprint density at radius 3 is 1.23 bits per heavy atom. The van der Waals surface area contributed by atoms with Gasteiger partial charge in [-0.1, -0.05) is 79.4 Å². The van der Waals surface area contributed by atoms with Crippen LogP contribution >= 0.6 is 0 Å². The van der Waals surface area contributed by atoms with Gasteiger partial charge in [0.1, 0.15) is 0 Å². The number of rotatable bonds is 18. The van der Waals surface area contributed by atoms with E-state index in [1.807, 2.05) is 13.8 Å². The first-order valence-corrected chi connectivity index (χ1v) is 12.1. The standard InChI is InChI=1S/2C13H22O4.Zn/c2*1-4-6-7-11(5-2)9-17-13(16)10(3)8-12(14)15;/h2*11H,3-9H2,1-2H3,(H,14,15);/q;;+2/p-2. The van der Waals surface area contributed by atoms with Crippen LogP contribution in [0.15, 0.2) is 24.3 Å². The van der Waals surface area contributed by atoms with E-state index in [0.717, 1.165) is 51.4 Å². The summed E-state index contributed by atoms with van der Waals surface area (Å²) < 4.78 is 10.1. The number of aliphatic carboxylic acids is 2. The quantitative estimate of drug-likeness (QED) is 0.145. The number of esters is 2. The van der Waals surface area contributed by atoms with E-state index in [-0.39, 0.29) is 30.6 Å². The predicted molar refractivity (Wildman–Crippen MR) is 126 cm³/mol. The molecule has 9 heteroatoms. The Morgan fingerprint density at radius 1 is 0.686 bits per heavy atom. The van der Waals surface area contributed by atoms with Crippen molar-refractivity contribution in [3.05, 3.63) is 24.3 Å². The third-order valence-corrected chi connectivity index (χ3v) is 5.28. The van der Waals surface area contributed by atoms with Crippen LogP contribution in [0.25, 0.3) is 0 Å². The molecule has 2 unspecified atom stereocenters. The van der Waals surface area contributed by atoms with Crippen molar-refractivity contribution in [3.63, 3.8) is 0 Å². The average Bonchev–Trinajstić information content (AvgIpc) is 2.78. The second kappa shape index (κ2) is 23.7. The Hall–Kier alpha value is -2.02. The molecule has 0 aliphatic carbocycles. The third kappa shape index (κ3) is 22.2. The van der Waals surface area contributed by atoms with Crippen molar-refractivity contribution in [2.45, 2.75) is 91.9 Å². The molecule has 0 saturated heterocycles. The number of ether oxygens (including phenoxy) is 2. The first-order valence-electron chi connectivity index (χ1n) is 12.1. The minimum absolute atomic E-state index is 0. The number of carbonyl (C=O) groups is 4. The summed E-state index contributed by atoms with van der Waals surface area (Å²) in [5.41, 5.74) is -0.120. The van der Waals surface area contributed by atoms with Crippen molar-refractivity contribution < 1.29 is 58.3 Å². The molecule has 35 heavy (non-hydrogen) atoms. The molecule has 0 aliphatic heterocycles. The van der Waals surface area contributed by atoms with Crippen molar-refractivity contribution in [1.82, 2.24) is 0 Å². The molecule has 0 fully saturated rings. The summed E-state index contributed by atoms with van der Waals surface area (Å²) >= 11 is 0. The largest absolute Gasteiger partial charge is 2.00 e. The van der Waals surface area contributed by atoms with Crippen molar-refractivity contribution in [2.75, 3.05) is 13.2 Å².